The Balaban J connectivity index is 1.28. The van der Waals surface area contributed by atoms with Crippen LogP contribution in [0.25, 0.3) is 11.8 Å². The van der Waals surface area contributed by atoms with Gasteiger partial charge in [0.15, 0.2) is 0 Å². The Hall–Kier alpha value is -3.25. The predicted octanol–water partition coefficient (Wildman–Crippen LogP) is 7.57. The highest BCUT2D eigenvalue weighted by molar-refractivity contribution is 8.18. The summed E-state index contributed by atoms with van der Waals surface area (Å²) >= 11 is 0.996. The lowest BCUT2D eigenvalue weighted by Crippen LogP contribution is -2.32. The molecule has 2 amide bonds. The number of aromatic nitrogens is 1. The summed E-state index contributed by atoms with van der Waals surface area (Å²) in [4.78, 5) is 27.3. The average molecular weight is 515 g/mol. The van der Waals surface area contributed by atoms with Crippen LogP contribution in [0.15, 0.2) is 59.5 Å². The zero-order valence-electron chi connectivity index (χ0n) is 21.8. The lowest BCUT2D eigenvalue weighted by atomic mass is 9.84. The van der Waals surface area contributed by atoms with Crippen LogP contribution in [0.2, 0.25) is 0 Å². The summed E-state index contributed by atoms with van der Waals surface area (Å²) in [7, 11) is 0. The van der Waals surface area contributed by atoms with E-state index in [0.29, 0.717) is 10.8 Å². The second kappa shape index (κ2) is 11.0. The molecule has 0 N–H and O–H groups in total. The van der Waals surface area contributed by atoms with Crippen molar-refractivity contribution in [3.63, 3.8) is 0 Å². The predicted molar refractivity (Wildman–Crippen MR) is 150 cm³/mol. The van der Waals surface area contributed by atoms with E-state index in [1.165, 1.54) is 42.6 Å². The number of ether oxygens (including phenoxy) is 1. The smallest absolute Gasteiger partial charge is 0.293 e. The van der Waals surface area contributed by atoms with Gasteiger partial charge in [-0.3, -0.25) is 14.5 Å². The van der Waals surface area contributed by atoms with Gasteiger partial charge >= 0.3 is 0 Å². The van der Waals surface area contributed by atoms with Crippen LogP contribution < -0.4 is 4.74 Å². The molecule has 0 unspecified atom stereocenters. The summed E-state index contributed by atoms with van der Waals surface area (Å²) in [6.07, 6.45) is 8.45. The molecule has 1 saturated heterocycles. The minimum Gasteiger partial charge on any atom is -0.492 e. The molecule has 6 heteroatoms. The summed E-state index contributed by atoms with van der Waals surface area (Å²) in [5.41, 5.74) is 6.76. The molecule has 2 aromatic carbocycles. The van der Waals surface area contributed by atoms with Gasteiger partial charge in [-0.15, -0.1) is 0 Å². The number of benzene rings is 2. The molecule has 1 aliphatic carbocycles. The minimum absolute atomic E-state index is 0.225. The van der Waals surface area contributed by atoms with Crippen molar-refractivity contribution in [1.82, 2.24) is 9.47 Å². The van der Waals surface area contributed by atoms with Crippen LogP contribution in [-0.2, 0) is 4.79 Å². The molecule has 2 fully saturated rings. The van der Waals surface area contributed by atoms with Crippen molar-refractivity contribution in [3.05, 3.63) is 87.6 Å². The monoisotopic (exact) mass is 514 g/mol. The quantitative estimate of drug-likeness (QED) is 0.305. The Kier molecular flexibility index (Phi) is 7.56. The zero-order chi connectivity index (χ0) is 25.9. The number of rotatable bonds is 7. The number of imide groups is 1. The number of aryl methyl sites for hydroxylation is 2. The average Bonchev–Trinajstić information content (AvgIpc) is 3.33. The first-order valence-corrected chi connectivity index (χ1v) is 14.0. The topological polar surface area (TPSA) is 51.5 Å². The van der Waals surface area contributed by atoms with E-state index in [-0.39, 0.29) is 24.3 Å². The normalized spacial score (nSPS) is 17.7. The Labute approximate surface area is 223 Å². The summed E-state index contributed by atoms with van der Waals surface area (Å²) < 4.78 is 7.97. The number of nitrogens with zero attached hydrogens (tertiary/aromatic N) is 2. The van der Waals surface area contributed by atoms with Gasteiger partial charge in [-0.2, -0.15) is 0 Å². The SMILES string of the molecule is Cc1cccc(OCCN2C(=O)S/C(=C\c3cc(C)n(-c4ccc(C5CCCCC5)cc4)c3C)C2=O)c1. The van der Waals surface area contributed by atoms with Crippen molar-refractivity contribution < 1.29 is 14.3 Å². The van der Waals surface area contributed by atoms with Crippen molar-refractivity contribution in [3.8, 4) is 11.4 Å². The van der Waals surface area contributed by atoms with E-state index in [1.807, 2.05) is 37.3 Å². The van der Waals surface area contributed by atoms with Gasteiger partial charge in [-0.1, -0.05) is 43.5 Å². The molecule has 37 heavy (non-hydrogen) atoms. The highest BCUT2D eigenvalue weighted by Gasteiger charge is 2.35. The summed E-state index contributed by atoms with van der Waals surface area (Å²) in [5, 5.41) is -0.254. The molecular formula is C31H34N2O3S. The van der Waals surface area contributed by atoms with Crippen molar-refractivity contribution in [2.45, 2.75) is 58.8 Å². The van der Waals surface area contributed by atoms with Gasteiger partial charge in [0, 0.05) is 17.1 Å². The van der Waals surface area contributed by atoms with Gasteiger partial charge in [0.2, 0.25) is 0 Å². The number of thioether (sulfide) groups is 1. The number of hydrogen-bond acceptors (Lipinski definition) is 4. The Morgan fingerprint density at radius 3 is 2.46 bits per heavy atom. The molecule has 1 aromatic heterocycles. The fourth-order valence-electron chi connectivity index (χ4n) is 5.46. The van der Waals surface area contributed by atoms with Crippen molar-refractivity contribution >= 4 is 29.0 Å². The third-order valence-corrected chi connectivity index (χ3v) is 8.34. The van der Waals surface area contributed by atoms with Crippen LogP contribution >= 0.6 is 11.8 Å². The molecule has 5 rings (SSSR count). The van der Waals surface area contributed by atoms with E-state index in [2.05, 4.69) is 48.7 Å². The number of carbonyl (C=O) groups excluding carboxylic acids is 2. The van der Waals surface area contributed by atoms with Crippen LogP contribution in [0.1, 0.15) is 66.1 Å². The van der Waals surface area contributed by atoms with Crippen LogP contribution in [0.5, 0.6) is 5.75 Å². The van der Waals surface area contributed by atoms with Crippen LogP contribution in [0, 0.1) is 20.8 Å². The largest absolute Gasteiger partial charge is 0.492 e. The second-order valence-electron chi connectivity index (χ2n) is 10.1. The Morgan fingerprint density at radius 2 is 1.73 bits per heavy atom. The van der Waals surface area contributed by atoms with Crippen LogP contribution in [0.3, 0.4) is 0 Å². The fraction of sp³-hybridized carbons (Fsp3) is 0.355. The van der Waals surface area contributed by atoms with E-state index < -0.39 is 0 Å². The molecule has 0 spiro atoms. The maximum Gasteiger partial charge on any atom is 0.293 e. The number of amides is 2. The Bertz CT molecular complexity index is 1330. The molecule has 3 aromatic rings. The molecule has 1 aliphatic heterocycles. The molecule has 5 nitrogen and oxygen atoms in total. The van der Waals surface area contributed by atoms with Gasteiger partial charge < -0.3 is 9.30 Å². The maximum absolute atomic E-state index is 13.0. The van der Waals surface area contributed by atoms with E-state index in [0.717, 1.165) is 45.7 Å². The molecule has 0 atom stereocenters. The van der Waals surface area contributed by atoms with Gasteiger partial charge in [0.05, 0.1) is 11.4 Å². The lowest BCUT2D eigenvalue weighted by molar-refractivity contribution is -0.123. The van der Waals surface area contributed by atoms with Crippen LogP contribution in [-0.4, -0.2) is 33.8 Å². The van der Waals surface area contributed by atoms with E-state index in [9.17, 15) is 9.59 Å². The molecule has 0 radical (unpaired) electrons. The molecular weight excluding hydrogens is 480 g/mol. The lowest BCUT2D eigenvalue weighted by Gasteiger charge is -2.22. The highest BCUT2D eigenvalue weighted by Crippen LogP contribution is 2.35. The maximum atomic E-state index is 13.0. The van der Waals surface area contributed by atoms with Crippen molar-refractivity contribution in [1.29, 1.82) is 0 Å². The molecule has 192 valence electrons. The number of carbonyl (C=O) groups is 2. The standard InChI is InChI=1S/C31H34N2O3S/c1-21-8-7-11-28(18-21)36-17-16-32-30(34)29(37-31(32)35)20-26-19-22(2)33(23(26)3)27-14-12-25(13-15-27)24-9-5-4-6-10-24/h7-8,11-15,18-20,24H,4-6,9-10,16-17H2,1-3H3/b29-20-. The van der Waals surface area contributed by atoms with Gasteiger partial charge in [-0.25, -0.2) is 0 Å². The third kappa shape index (κ3) is 5.54. The van der Waals surface area contributed by atoms with E-state index in [4.69, 9.17) is 4.74 Å². The highest BCUT2D eigenvalue weighted by atomic mass is 32.2. The molecule has 2 aliphatic rings. The second-order valence-corrected chi connectivity index (χ2v) is 11.1. The van der Waals surface area contributed by atoms with E-state index in [1.54, 1.807) is 0 Å². The molecule has 1 saturated carbocycles. The van der Waals surface area contributed by atoms with Crippen molar-refractivity contribution in [2.24, 2.45) is 0 Å². The van der Waals surface area contributed by atoms with Gasteiger partial charge in [0.25, 0.3) is 11.1 Å². The fourth-order valence-corrected chi connectivity index (χ4v) is 6.31. The molecule has 2 heterocycles. The first-order valence-electron chi connectivity index (χ1n) is 13.1. The third-order valence-electron chi connectivity index (χ3n) is 7.43. The number of hydrogen-bond donors (Lipinski definition) is 0. The van der Waals surface area contributed by atoms with E-state index >= 15 is 0 Å². The first kappa shape index (κ1) is 25.4. The Morgan fingerprint density at radius 1 is 0.973 bits per heavy atom. The molecule has 0 bridgehead atoms. The summed E-state index contributed by atoms with van der Waals surface area (Å²) in [6, 6.07) is 18.8. The first-order chi connectivity index (χ1) is 17.9. The summed E-state index contributed by atoms with van der Waals surface area (Å²) in [5.74, 6) is 1.16. The minimum atomic E-state index is -0.260. The zero-order valence-corrected chi connectivity index (χ0v) is 22.6. The van der Waals surface area contributed by atoms with Crippen molar-refractivity contribution in [2.75, 3.05) is 13.2 Å². The van der Waals surface area contributed by atoms with Gasteiger partial charge in [-0.05, 0) is 104 Å². The van der Waals surface area contributed by atoms with Crippen LogP contribution in [0.4, 0.5) is 4.79 Å². The van der Waals surface area contributed by atoms with Gasteiger partial charge in [0.1, 0.15) is 12.4 Å². The summed E-state index contributed by atoms with van der Waals surface area (Å²) in [6.45, 7) is 6.63.